The lowest BCUT2D eigenvalue weighted by atomic mass is 9.96. The van der Waals surface area contributed by atoms with Gasteiger partial charge in [-0.1, -0.05) is 19.3 Å². The lowest BCUT2D eigenvalue weighted by Gasteiger charge is -2.22. The highest BCUT2D eigenvalue weighted by atomic mass is 19.1. The summed E-state index contributed by atoms with van der Waals surface area (Å²) in [6, 6.07) is 2.58. The maximum atomic E-state index is 14.1. The van der Waals surface area contributed by atoms with Crippen LogP contribution in [0.15, 0.2) is 12.3 Å². The Labute approximate surface area is 114 Å². The summed E-state index contributed by atoms with van der Waals surface area (Å²) in [6.07, 6.45) is 10.2. The maximum absolute atomic E-state index is 14.1. The van der Waals surface area contributed by atoms with Gasteiger partial charge in [-0.15, -0.1) is 0 Å². The average molecular weight is 265 g/mol. The zero-order valence-corrected chi connectivity index (χ0v) is 11.5. The van der Waals surface area contributed by atoms with Gasteiger partial charge in [0.25, 0.3) is 0 Å². The molecule has 1 aromatic rings. The van der Waals surface area contributed by atoms with Crippen molar-refractivity contribution in [3.8, 4) is 0 Å². The van der Waals surface area contributed by atoms with Crippen molar-refractivity contribution in [2.75, 3.05) is 6.54 Å². The van der Waals surface area contributed by atoms with E-state index >= 15 is 0 Å². The SMILES string of the molecule is FC(Cc1ccn(C2CCCCC2)n1)C1CCCN1. The van der Waals surface area contributed by atoms with E-state index in [4.69, 9.17) is 0 Å². The van der Waals surface area contributed by atoms with Gasteiger partial charge in [0.05, 0.1) is 11.7 Å². The van der Waals surface area contributed by atoms with Crippen molar-refractivity contribution in [1.29, 1.82) is 0 Å². The minimum Gasteiger partial charge on any atom is -0.311 e. The van der Waals surface area contributed by atoms with E-state index in [1.165, 1.54) is 32.1 Å². The molecule has 0 spiro atoms. The average Bonchev–Trinajstić information content (AvgIpc) is 3.11. The monoisotopic (exact) mass is 265 g/mol. The molecule has 106 valence electrons. The summed E-state index contributed by atoms with van der Waals surface area (Å²) in [6.45, 7) is 0.960. The van der Waals surface area contributed by atoms with Crippen molar-refractivity contribution in [2.24, 2.45) is 0 Å². The van der Waals surface area contributed by atoms with Gasteiger partial charge in [-0.05, 0) is 38.3 Å². The molecule has 4 heteroatoms. The number of alkyl halides is 1. The lowest BCUT2D eigenvalue weighted by Crippen LogP contribution is -2.33. The number of aromatic nitrogens is 2. The number of hydrogen-bond donors (Lipinski definition) is 1. The Balaban J connectivity index is 1.57. The fraction of sp³-hybridized carbons (Fsp3) is 0.800. The molecule has 0 amide bonds. The second-order valence-electron chi connectivity index (χ2n) is 6.00. The van der Waals surface area contributed by atoms with Gasteiger partial charge in [-0.2, -0.15) is 5.10 Å². The zero-order valence-electron chi connectivity index (χ0n) is 11.5. The molecule has 3 nitrogen and oxygen atoms in total. The minimum absolute atomic E-state index is 0.0415. The Morgan fingerprint density at radius 3 is 2.84 bits per heavy atom. The third-order valence-corrected chi connectivity index (χ3v) is 4.55. The highest BCUT2D eigenvalue weighted by Gasteiger charge is 2.25. The van der Waals surface area contributed by atoms with Gasteiger partial charge in [0, 0.05) is 18.7 Å². The highest BCUT2D eigenvalue weighted by Crippen LogP contribution is 2.27. The van der Waals surface area contributed by atoms with E-state index in [1.54, 1.807) is 0 Å². The summed E-state index contributed by atoms with van der Waals surface area (Å²) in [4.78, 5) is 0. The predicted octanol–water partition coefficient (Wildman–Crippen LogP) is 3.02. The molecular formula is C15H24FN3. The Hall–Kier alpha value is -0.900. The van der Waals surface area contributed by atoms with Gasteiger partial charge < -0.3 is 5.32 Å². The van der Waals surface area contributed by atoms with Crippen molar-refractivity contribution in [3.63, 3.8) is 0 Å². The van der Waals surface area contributed by atoms with Gasteiger partial charge >= 0.3 is 0 Å². The summed E-state index contributed by atoms with van der Waals surface area (Å²) in [5.41, 5.74) is 0.909. The Kier molecular flexibility index (Phi) is 4.16. The maximum Gasteiger partial charge on any atom is 0.121 e. The van der Waals surface area contributed by atoms with Crippen LogP contribution in [0, 0.1) is 0 Å². The number of nitrogens with one attached hydrogen (secondary N) is 1. The van der Waals surface area contributed by atoms with Gasteiger partial charge in [0.15, 0.2) is 0 Å². The molecule has 1 aliphatic carbocycles. The van der Waals surface area contributed by atoms with E-state index < -0.39 is 6.17 Å². The molecule has 0 aromatic carbocycles. The van der Waals surface area contributed by atoms with E-state index in [-0.39, 0.29) is 6.04 Å². The third kappa shape index (κ3) is 3.16. The molecule has 0 bridgehead atoms. The van der Waals surface area contributed by atoms with Gasteiger partial charge in [-0.25, -0.2) is 4.39 Å². The highest BCUT2D eigenvalue weighted by molar-refractivity contribution is 5.03. The number of nitrogens with zero attached hydrogens (tertiary/aromatic N) is 2. The normalized spacial score (nSPS) is 26.7. The van der Waals surface area contributed by atoms with Gasteiger partial charge in [0.1, 0.15) is 6.17 Å². The molecule has 19 heavy (non-hydrogen) atoms. The quantitative estimate of drug-likeness (QED) is 0.907. The van der Waals surface area contributed by atoms with Crippen LogP contribution in [0.4, 0.5) is 4.39 Å². The standard InChI is InChI=1S/C15H24FN3/c16-14(15-7-4-9-17-15)11-12-8-10-19(18-12)13-5-2-1-3-6-13/h8,10,13-15,17H,1-7,9,11H2. The Morgan fingerprint density at radius 1 is 1.26 bits per heavy atom. The summed E-state index contributed by atoms with van der Waals surface area (Å²) >= 11 is 0. The summed E-state index contributed by atoms with van der Waals surface area (Å²) in [5.74, 6) is 0. The van der Waals surface area contributed by atoms with Crippen LogP contribution in [0.3, 0.4) is 0 Å². The Bertz CT molecular complexity index is 392. The van der Waals surface area contributed by atoms with Gasteiger partial charge in [0.2, 0.25) is 0 Å². The van der Waals surface area contributed by atoms with E-state index in [2.05, 4.69) is 15.1 Å². The van der Waals surface area contributed by atoms with Crippen LogP contribution < -0.4 is 5.32 Å². The number of rotatable bonds is 4. The molecule has 2 atom stereocenters. The molecule has 1 aliphatic heterocycles. The molecule has 2 heterocycles. The molecule has 1 saturated carbocycles. The van der Waals surface area contributed by atoms with E-state index in [1.807, 2.05) is 12.3 Å². The van der Waals surface area contributed by atoms with Crippen molar-refractivity contribution < 1.29 is 4.39 Å². The fourth-order valence-corrected chi connectivity index (χ4v) is 3.40. The summed E-state index contributed by atoms with van der Waals surface area (Å²) in [7, 11) is 0. The van der Waals surface area contributed by atoms with E-state index in [0.29, 0.717) is 12.5 Å². The second kappa shape index (κ2) is 6.04. The first-order chi connectivity index (χ1) is 9.33. The largest absolute Gasteiger partial charge is 0.311 e. The molecule has 2 unspecified atom stereocenters. The summed E-state index contributed by atoms with van der Waals surface area (Å²) in [5, 5.41) is 7.83. The molecule has 1 N–H and O–H groups in total. The molecule has 3 rings (SSSR count). The van der Waals surface area contributed by atoms with Crippen LogP contribution >= 0.6 is 0 Å². The number of halogens is 1. The fourth-order valence-electron chi connectivity index (χ4n) is 3.40. The van der Waals surface area contributed by atoms with Crippen molar-refractivity contribution in [2.45, 2.75) is 69.6 Å². The van der Waals surface area contributed by atoms with Crippen molar-refractivity contribution >= 4 is 0 Å². The molecule has 0 radical (unpaired) electrons. The molecule has 2 fully saturated rings. The van der Waals surface area contributed by atoms with Crippen LogP contribution in [0.1, 0.15) is 56.7 Å². The topological polar surface area (TPSA) is 29.9 Å². The van der Waals surface area contributed by atoms with E-state index in [0.717, 1.165) is 25.1 Å². The first-order valence-electron chi connectivity index (χ1n) is 7.74. The zero-order chi connectivity index (χ0) is 13.1. The predicted molar refractivity (Wildman–Crippen MR) is 74.0 cm³/mol. The van der Waals surface area contributed by atoms with Crippen LogP contribution in [0.2, 0.25) is 0 Å². The molecule has 1 aromatic heterocycles. The summed E-state index contributed by atoms with van der Waals surface area (Å²) < 4.78 is 16.2. The van der Waals surface area contributed by atoms with Crippen molar-refractivity contribution in [1.82, 2.24) is 15.1 Å². The lowest BCUT2D eigenvalue weighted by molar-refractivity contribution is 0.260. The minimum atomic E-state index is -0.794. The van der Waals surface area contributed by atoms with Gasteiger partial charge in [-0.3, -0.25) is 4.68 Å². The first-order valence-corrected chi connectivity index (χ1v) is 7.74. The van der Waals surface area contributed by atoms with Crippen LogP contribution in [0.25, 0.3) is 0 Å². The second-order valence-corrected chi connectivity index (χ2v) is 6.00. The molecule has 2 aliphatic rings. The first kappa shape index (κ1) is 13.1. The van der Waals surface area contributed by atoms with Crippen molar-refractivity contribution in [3.05, 3.63) is 18.0 Å². The van der Waals surface area contributed by atoms with Crippen LogP contribution in [-0.2, 0) is 6.42 Å². The smallest absolute Gasteiger partial charge is 0.121 e. The molecular weight excluding hydrogens is 241 g/mol. The van der Waals surface area contributed by atoms with Crippen LogP contribution in [0.5, 0.6) is 0 Å². The third-order valence-electron chi connectivity index (χ3n) is 4.55. The Morgan fingerprint density at radius 2 is 2.11 bits per heavy atom. The molecule has 1 saturated heterocycles. The van der Waals surface area contributed by atoms with Crippen LogP contribution in [-0.4, -0.2) is 28.5 Å². The number of hydrogen-bond acceptors (Lipinski definition) is 2. The van der Waals surface area contributed by atoms with E-state index in [9.17, 15) is 4.39 Å².